The van der Waals surface area contributed by atoms with Crippen LogP contribution in [0.15, 0.2) is 29.6 Å². The van der Waals surface area contributed by atoms with Crippen molar-refractivity contribution in [1.29, 1.82) is 0 Å². The van der Waals surface area contributed by atoms with Crippen LogP contribution in [0, 0.1) is 0 Å². The minimum Gasteiger partial charge on any atom is -0.409 e. The Bertz CT molecular complexity index is 415. The SMILES string of the molecule is NC(CCCCN1CCN(c2ccccn2)CC1)=NO. The maximum atomic E-state index is 8.46. The highest BCUT2D eigenvalue weighted by Gasteiger charge is 2.17. The van der Waals surface area contributed by atoms with Crippen LogP contribution in [0.4, 0.5) is 5.82 Å². The molecule has 1 aromatic heterocycles. The van der Waals surface area contributed by atoms with Crippen molar-refractivity contribution in [2.75, 3.05) is 37.6 Å². The van der Waals surface area contributed by atoms with E-state index in [-0.39, 0.29) is 0 Å². The van der Waals surface area contributed by atoms with Gasteiger partial charge in [0.2, 0.25) is 0 Å². The molecule has 1 fully saturated rings. The van der Waals surface area contributed by atoms with E-state index in [0.717, 1.165) is 51.4 Å². The Morgan fingerprint density at radius 3 is 2.70 bits per heavy atom. The van der Waals surface area contributed by atoms with E-state index in [4.69, 9.17) is 10.9 Å². The van der Waals surface area contributed by atoms with Gasteiger partial charge in [0.1, 0.15) is 11.7 Å². The molecular weight excluding hydrogens is 254 g/mol. The van der Waals surface area contributed by atoms with Crippen molar-refractivity contribution < 1.29 is 5.21 Å². The maximum absolute atomic E-state index is 8.46. The van der Waals surface area contributed by atoms with Gasteiger partial charge < -0.3 is 15.8 Å². The van der Waals surface area contributed by atoms with E-state index in [0.29, 0.717) is 12.3 Å². The molecule has 3 N–H and O–H groups in total. The first-order valence-corrected chi connectivity index (χ1v) is 7.14. The van der Waals surface area contributed by atoms with Crippen LogP contribution < -0.4 is 10.6 Å². The van der Waals surface area contributed by atoms with Gasteiger partial charge >= 0.3 is 0 Å². The van der Waals surface area contributed by atoms with Crippen LogP contribution in [-0.2, 0) is 0 Å². The molecule has 0 aromatic carbocycles. The van der Waals surface area contributed by atoms with Gasteiger partial charge in [-0.3, -0.25) is 4.90 Å². The number of amidine groups is 1. The van der Waals surface area contributed by atoms with Crippen molar-refractivity contribution in [3.8, 4) is 0 Å². The predicted molar refractivity (Wildman–Crippen MR) is 80.1 cm³/mol. The zero-order chi connectivity index (χ0) is 14.2. The van der Waals surface area contributed by atoms with Crippen LogP contribution in [-0.4, -0.2) is 53.7 Å². The van der Waals surface area contributed by atoms with Gasteiger partial charge in [-0.15, -0.1) is 0 Å². The van der Waals surface area contributed by atoms with Gasteiger partial charge in [-0.1, -0.05) is 11.2 Å². The fourth-order valence-electron chi connectivity index (χ4n) is 2.43. The second kappa shape index (κ2) is 7.69. The Balaban J connectivity index is 1.65. The number of hydrogen-bond acceptors (Lipinski definition) is 5. The minimum atomic E-state index is 0.324. The zero-order valence-electron chi connectivity index (χ0n) is 11.8. The summed E-state index contributed by atoms with van der Waals surface area (Å²) in [6, 6.07) is 6.04. The third-order valence-corrected chi connectivity index (χ3v) is 3.63. The smallest absolute Gasteiger partial charge is 0.139 e. The van der Waals surface area contributed by atoms with E-state index in [2.05, 4.69) is 26.0 Å². The van der Waals surface area contributed by atoms with Gasteiger partial charge in [-0.25, -0.2) is 4.98 Å². The summed E-state index contributed by atoms with van der Waals surface area (Å²) in [7, 11) is 0. The summed E-state index contributed by atoms with van der Waals surface area (Å²) < 4.78 is 0. The number of rotatable bonds is 6. The minimum absolute atomic E-state index is 0.324. The number of unbranched alkanes of at least 4 members (excludes halogenated alkanes) is 1. The van der Waals surface area contributed by atoms with Crippen molar-refractivity contribution in [3.63, 3.8) is 0 Å². The molecule has 0 bridgehead atoms. The normalized spacial score (nSPS) is 17.4. The molecule has 0 aliphatic carbocycles. The summed E-state index contributed by atoms with van der Waals surface area (Å²) in [4.78, 5) is 9.18. The van der Waals surface area contributed by atoms with Gasteiger partial charge in [0, 0.05) is 38.8 Å². The Kier molecular flexibility index (Phi) is 5.61. The lowest BCUT2D eigenvalue weighted by molar-refractivity contribution is 0.252. The Morgan fingerprint density at radius 2 is 2.05 bits per heavy atom. The average Bonchev–Trinajstić information content (AvgIpc) is 2.52. The summed E-state index contributed by atoms with van der Waals surface area (Å²) in [6.07, 6.45) is 4.56. The number of oxime groups is 1. The second-order valence-electron chi connectivity index (χ2n) is 5.07. The van der Waals surface area contributed by atoms with E-state index >= 15 is 0 Å². The number of nitrogens with two attached hydrogens (primary N) is 1. The Labute approximate surface area is 119 Å². The van der Waals surface area contributed by atoms with Gasteiger partial charge in [0.15, 0.2) is 0 Å². The molecule has 0 saturated carbocycles. The molecule has 1 aromatic rings. The third-order valence-electron chi connectivity index (χ3n) is 3.63. The number of pyridine rings is 1. The van der Waals surface area contributed by atoms with Gasteiger partial charge in [-0.05, 0) is 31.5 Å². The number of aromatic nitrogens is 1. The van der Waals surface area contributed by atoms with E-state index in [1.807, 2.05) is 18.3 Å². The molecule has 2 heterocycles. The molecule has 1 aliphatic rings. The lowest BCUT2D eigenvalue weighted by Gasteiger charge is -2.35. The quantitative estimate of drug-likeness (QED) is 0.268. The largest absolute Gasteiger partial charge is 0.409 e. The highest BCUT2D eigenvalue weighted by molar-refractivity contribution is 5.79. The highest BCUT2D eigenvalue weighted by atomic mass is 16.4. The van der Waals surface area contributed by atoms with Crippen LogP contribution in [0.25, 0.3) is 0 Å². The summed E-state index contributed by atoms with van der Waals surface area (Å²) in [5.41, 5.74) is 5.45. The van der Waals surface area contributed by atoms with Gasteiger partial charge in [0.25, 0.3) is 0 Å². The molecule has 6 nitrogen and oxygen atoms in total. The maximum Gasteiger partial charge on any atom is 0.139 e. The monoisotopic (exact) mass is 277 g/mol. The van der Waals surface area contributed by atoms with Crippen molar-refractivity contribution in [3.05, 3.63) is 24.4 Å². The second-order valence-corrected chi connectivity index (χ2v) is 5.07. The van der Waals surface area contributed by atoms with Crippen molar-refractivity contribution >= 4 is 11.7 Å². The van der Waals surface area contributed by atoms with Crippen LogP contribution in [0.5, 0.6) is 0 Å². The highest BCUT2D eigenvalue weighted by Crippen LogP contribution is 2.12. The fourth-order valence-corrected chi connectivity index (χ4v) is 2.43. The number of anilines is 1. The molecule has 20 heavy (non-hydrogen) atoms. The molecule has 0 radical (unpaired) electrons. The lowest BCUT2D eigenvalue weighted by Crippen LogP contribution is -2.46. The molecule has 1 saturated heterocycles. The topological polar surface area (TPSA) is 78.0 Å². The fraction of sp³-hybridized carbons (Fsp3) is 0.571. The summed E-state index contributed by atoms with van der Waals surface area (Å²) >= 11 is 0. The molecule has 6 heteroatoms. The molecular formula is C14H23N5O. The summed E-state index contributed by atoms with van der Waals surface area (Å²) in [5, 5.41) is 11.4. The van der Waals surface area contributed by atoms with Crippen molar-refractivity contribution in [1.82, 2.24) is 9.88 Å². The lowest BCUT2D eigenvalue weighted by atomic mass is 10.2. The van der Waals surface area contributed by atoms with Crippen molar-refractivity contribution in [2.45, 2.75) is 19.3 Å². The molecule has 0 unspecified atom stereocenters. The first kappa shape index (κ1) is 14.6. The summed E-state index contributed by atoms with van der Waals surface area (Å²) in [6.45, 7) is 5.27. The van der Waals surface area contributed by atoms with E-state index < -0.39 is 0 Å². The first-order chi connectivity index (χ1) is 9.79. The van der Waals surface area contributed by atoms with Crippen LogP contribution in [0.1, 0.15) is 19.3 Å². The molecule has 1 aliphatic heterocycles. The van der Waals surface area contributed by atoms with Crippen LogP contribution >= 0.6 is 0 Å². The number of hydrogen-bond donors (Lipinski definition) is 2. The predicted octanol–water partition coefficient (Wildman–Crippen LogP) is 1.12. The zero-order valence-corrected chi connectivity index (χ0v) is 11.8. The average molecular weight is 277 g/mol. The standard InChI is InChI=1S/C14H23N5O/c15-13(17-20)5-2-4-8-18-9-11-19(12-10-18)14-6-1-3-7-16-14/h1,3,6-7,20H,2,4-5,8-12H2,(H2,15,17). The Hall–Kier alpha value is -1.82. The molecule has 2 rings (SSSR count). The van der Waals surface area contributed by atoms with Gasteiger partial charge in [0.05, 0.1) is 0 Å². The Morgan fingerprint density at radius 1 is 1.25 bits per heavy atom. The number of nitrogens with zero attached hydrogens (tertiary/aromatic N) is 4. The van der Waals surface area contributed by atoms with Crippen molar-refractivity contribution in [2.24, 2.45) is 10.9 Å². The number of piperazine rings is 1. The molecule has 0 amide bonds. The first-order valence-electron chi connectivity index (χ1n) is 7.14. The van der Waals surface area contributed by atoms with Crippen LogP contribution in [0.3, 0.4) is 0 Å². The van der Waals surface area contributed by atoms with E-state index in [9.17, 15) is 0 Å². The molecule has 0 atom stereocenters. The van der Waals surface area contributed by atoms with E-state index in [1.54, 1.807) is 0 Å². The molecule has 0 spiro atoms. The van der Waals surface area contributed by atoms with Crippen LogP contribution in [0.2, 0.25) is 0 Å². The third kappa shape index (κ3) is 4.38. The molecule has 110 valence electrons. The van der Waals surface area contributed by atoms with E-state index in [1.165, 1.54) is 0 Å². The summed E-state index contributed by atoms with van der Waals surface area (Å²) in [5.74, 6) is 1.39. The van der Waals surface area contributed by atoms with Gasteiger partial charge in [-0.2, -0.15) is 0 Å².